The normalized spacial score (nSPS) is 11.5. The van der Waals surface area contributed by atoms with Crippen molar-refractivity contribution in [3.8, 4) is 0 Å². The highest BCUT2D eigenvalue weighted by Gasteiger charge is 2.29. The van der Waals surface area contributed by atoms with Gasteiger partial charge in [0, 0.05) is 14.5 Å². The van der Waals surface area contributed by atoms with Crippen molar-refractivity contribution >= 4 is 8.07 Å². The SMILES string of the molecule is C.C.C[Si](C)(C)CCC(F)(F)F. The average Bonchev–Trinajstić information content (AvgIpc) is 1.57. The Morgan fingerprint density at radius 1 is 1.00 bits per heavy atom. The molecule has 12 heavy (non-hydrogen) atoms. The van der Waals surface area contributed by atoms with E-state index in [2.05, 4.69) is 0 Å². The van der Waals surface area contributed by atoms with Gasteiger partial charge >= 0.3 is 6.18 Å². The van der Waals surface area contributed by atoms with Crippen LogP contribution in [0.5, 0.6) is 0 Å². The van der Waals surface area contributed by atoms with E-state index in [0.717, 1.165) is 0 Å². The van der Waals surface area contributed by atoms with Crippen LogP contribution >= 0.6 is 0 Å². The van der Waals surface area contributed by atoms with Crippen LogP contribution in [-0.4, -0.2) is 14.3 Å². The van der Waals surface area contributed by atoms with E-state index in [9.17, 15) is 13.2 Å². The molecule has 78 valence electrons. The molecule has 0 aromatic rings. The van der Waals surface area contributed by atoms with Crippen LogP contribution in [0.2, 0.25) is 25.7 Å². The molecule has 0 atom stereocenters. The van der Waals surface area contributed by atoms with Gasteiger partial charge < -0.3 is 0 Å². The second-order valence-electron chi connectivity index (χ2n) is 3.68. The summed E-state index contributed by atoms with van der Waals surface area (Å²) in [6, 6.07) is 0.344. The largest absolute Gasteiger partial charge is 0.388 e. The Morgan fingerprint density at radius 3 is 1.42 bits per heavy atom. The molecule has 0 aliphatic carbocycles. The summed E-state index contributed by atoms with van der Waals surface area (Å²) in [4.78, 5) is 0. The first kappa shape index (κ1) is 17.9. The predicted octanol–water partition coefficient (Wildman–Crippen LogP) is 4.55. The maximum atomic E-state index is 11.6. The molecule has 0 unspecified atom stereocenters. The summed E-state index contributed by atoms with van der Waals surface area (Å²) in [6.07, 6.45) is -4.57. The second kappa shape index (κ2) is 5.62. The van der Waals surface area contributed by atoms with Crippen molar-refractivity contribution in [3.05, 3.63) is 0 Å². The van der Waals surface area contributed by atoms with E-state index in [1.807, 2.05) is 19.6 Å². The van der Waals surface area contributed by atoms with Gasteiger partial charge in [0.2, 0.25) is 0 Å². The molecule has 0 rings (SSSR count). The van der Waals surface area contributed by atoms with Gasteiger partial charge in [-0.15, -0.1) is 0 Å². The smallest absolute Gasteiger partial charge is 0.171 e. The average molecular weight is 202 g/mol. The topological polar surface area (TPSA) is 0 Å². The van der Waals surface area contributed by atoms with E-state index in [-0.39, 0.29) is 14.9 Å². The molecule has 0 fully saturated rings. The third kappa shape index (κ3) is 16.5. The molecule has 0 saturated heterocycles. The quantitative estimate of drug-likeness (QED) is 0.576. The minimum atomic E-state index is -3.96. The van der Waals surface area contributed by atoms with E-state index < -0.39 is 20.7 Å². The van der Waals surface area contributed by atoms with Crippen molar-refractivity contribution in [1.29, 1.82) is 0 Å². The Balaban J connectivity index is -0.000000405. The van der Waals surface area contributed by atoms with E-state index in [0.29, 0.717) is 6.04 Å². The molecule has 0 amide bonds. The van der Waals surface area contributed by atoms with Crippen LogP contribution < -0.4 is 0 Å². The Hall–Kier alpha value is 0.00688. The molecule has 0 aliphatic rings. The van der Waals surface area contributed by atoms with Crippen molar-refractivity contribution in [3.63, 3.8) is 0 Å². The van der Waals surface area contributed by atoms with Gasteiger partial charge in [0.05, 0.1) is 0 Å². The zero-order valence-corrected chi connectivity index (χ0v) is 7.55. The Bertz CT molecular complexity index is 87.9. The Labute approximate surface area is 75.2 Å². The fraction of sp³-hybridized carbons (Fsp3) is 1.00. The van der Waals surface area contributed by atoms with Crippen LogP contribution in [0.1, 0.15) is 21.3 Å². The summed E-state index contributed by atoms with van der Waals surface area (Å²) in [6.45, 7) is 5.83. The number of alkyl halides is 3. The zero-order chi connectivity index (χ0) is 8.41. The molecule has 0 saturated carbocycles. The summed E-state index contributed by atoms with van der Waals surface area (Å²) in [5.41, 5.74) is 0. The molecule has 0 aliphatic heterocycles. The molecule has 0 aromatic carbocycles. The second-order valence-corrected chi connectivity index (χ2v) is 9.30. The van der Waals surface area contributed by atoms with E-state index in [1.54, 1.807) is 0 Å². The monoisotopic (exact) mass is 202 g/mol. The summed E-state index contributed by atoms with van der Waals surface area (Å²) in [5.74, 6) is 0. The van der Waals surface area contributed by atoms with Crippen molar-refractivity contribution in [2.75, 3.05) is 0 Å². The van der Waals surface area contributed by atoms with Crippen molar-refractivity contribution in [2.24, 2.45) is 0 Å². The van der Waals surface area contributed by atoms with Gasteiger partial charge in [-0.3, -0.25) is 0 Å². The van der Waals surface area contributed by atoms with Crippen LogP contribution in [0.3, 0.4) is 0 Å². The van der Waals surface area contributed by atoms with Crippen LogP contribution in [0, 0.1) is 0 Å². The minimum absolute atomic E-state index is 0. The summed E-state index contributed by atoms with van der Waals surface area (Å²) in [5, 5.41) is 0. The summed E-state index contributed by atoms with van der Waals surface area (Å²) >= 11 is 0. The molecule has 0 spiro atoms. The van der Waals surface area contributed by atoms with Crippen LogP contribution in [0.4, 0.5) is 13.2 Å². The molecule has 0 bridgehead atoms. The molecule has 0 N–H and O–H groups in total. The fourth-order valence-corrected chi connectivity index (χ4v) is 1.55. The standard InChI is InChI=1S/C6H13F3Si.2CH4/c1-10(2,3)5-4-6(7,8)9;;/h4-5H2,1-3H3;2*1H4. The molecule has 0 radical (unpaired) electrons. The van der Waals surface area contributed by atoms with Gasteiger partial charge in [0.15, 0.2) is 0 Å². The van der Waals surface area contributed by atoms with Gasteiger partial charge in [-0.1, -0.05) is 34.5 Å². The first-order valence-electron chi connectivity index (χ1n) is 3.27. The lowest BCUT2D eigenvalue weighted by Gasteiger charge is -2.16. The third-order valence-corrected chi connectivity index (χ3v) is 2.91. The maximum Gasteiger partial charge on any atom is 0.388 e. The van der Waals surface area contributed by atoms with Crippen molar-refractivity contribution in [2.45, 2.75) is 53.1 Å². The van der Waals surface area contributed by atoms with Gasteiger partial charge in [-0.25, -0.2) is 0 Å². The van der Waals surface area contributed by atoms with Crippen molar-refractivity contribution < 1.29 is 13.2 Å². The Kier molecular flexibility index (Phi) is 8.39. The van der Waals surface area contributed by atoms with E-state index in [1.165, 1.54) is 0 Å². The van der Waals surface area contributed by atoms with Crippen LogP contribution in [-0.2, 0) is 0 Å². The molecular formula is C8H21F3Si. The first-order chi connectivity index (χ1) is 4.21. The molecule has 4 heteroatoms. The fourth-order valence-electron chi connectivity index (χ4n) is 0.517. The van der Waals surface area contributed by atoms with Gasteiger partial charge in [-0.2, -0.15) is 13.2 Å². The van der Waals surface area contributed by atoms with Gasteiger partial charge in [0.1, 0.15) is 0 Å². The summed E-state index contributed by atoms with van der Waals surface area (Å²) in [7, 11) is -1.49. The van der Waals surface area contributed by atoms with Crippen molar-refractivity contribution in [1.82, 2.24) is 0 Å². The summed E-state index contributed by atoms with van der Waals surface area (Å²) < 4.78 is 34.8. The molecule has 0 aromatic heterocycles. The Morgan fingerprint density at radius 2 is 1.33 bits per heavy atom. The highest BCUT2D eigenvalue weighted by atomic mass is 28.3. The number of hydrogen-bond donors (Lipinski definition) is 0. The lowest BCUT2D eigenvalue weighted by molar-refractivity contribution is -0.130. The lowest BCUT2D eigenvalue weighted by Crippen LogP contribution is -2.22. The zero-order valence-electron chi connectivity index (χ0n) is 6.55. The molecular weight excluding hydrogens is 181 g/mol. The predicted molar refractivity (Wildman–Crippen MR) is 52.3 cm³/mol. The minimum Gasteiger partial charge on any atom is -0.171 e. The van der Waals surface area contributed by atoms with E-state index in [4.69, 9.17) is 0 Å². The molecule has 0 heterocycles. The maximum absolute atomic E-state index is 11.6. The third-order valence-electron chi connectivity index (χ3n) is 1.16. The molecule has 0 nitrogen and oxygen atoms in total. The highest BCUT2D eigenvalue weighted by molar-refractivity contribution is 6.76. The van der Waals surface area contributed by atoms with Gasteiger partial charge in [-0.05, 0) is 6.04 Å². The van der Waals surface area contributed by atoms with Gasteiger partial charge in [0.25, 0.3) is 0 Å². The number of hydrogen-bond acceptors (Lipinski definition) is 0. The number of rotatable bonds is 2. The van der Waals surface area contributed by atoms with Crippen LogP contribution in [0.15, 0.2) is 0 Å². The number of halogens is 3. The lowest BCUT2D eigenvalue weighted by atomic mass is 10.5. The first-order valence-corrected chi connectivity index (χ1v) is 6.98. The highest BCUT2D eigenvalue weighted by Crippen LogP contribution is 2.25. The van der Waals surface area contributed by atoms with Crippen LogP contribution in [0.25, 0.3) is 0 Å². The van der Waals surface area contributed by atoms with E-state index >= 15 is 0 Å².